The summed E-state index contributed by atoms with van der Waals surface area (Å²) in [4.78, 5) is 16.0. The minimum Gasteiger partial charge on any atom is -0.399 e. The second kappa shape index (κ2) is 5.56. The van der Waals surface area contributed by atoms with E-state index in [1.54, 1.807) is 19.1 Å². The van der Waals surface area contributed by atoms with Gasteiger partial charge in [-0.1, -0.05) is 23.2 Å². The highest BCUT2D eigenvalue weighted by molar-refractivity contribution is 6.35. The molecule has 0 atom stereocenters. The second-order valence-corrected chi connectivity index (χ2v) is 5.02. The molecule has 0 aliphatic carbocycles. The molecule has 1 aromatic heterocycles. The summed E-state index contributed by atoms with van der Waals surface area (Å²) < 4.78 is 0. The third-order valence-corrected chi connectivity index (χ3v) is 3.09. The molecule has 0 unspecified atom stereocenters. The fourth-order valence-corrected chi connectivity index (χ4v) is 2.32. The normalized spacial score (nSPS) is 10.3. The van der Waals surface area contributed by atoms with Crippen molar-refractivity contribution in [1.29, 1.82) is 0 Å². The van der Waals surface area contributed by atoms with Crippen LogP contribution in [-0.4, -0.2) is 10.9 Å². The molecule has 1 heterocycles. The lowest BCUT2D eigenvalue weighted by atomic mass is 10.1. The van der Waals surface area contributed by atoms with Gasteiger partial charge >= 0.3 is 0 Å². The van der Waals surface area contributed by atoms with Gasteiger partial charge in [0.05, 0.1) is 5.69 Å². The van der Waals surface area contributed by atoms with Crippen LogP contribution in [0.2, 0.25) is 10.3 Å². The number of nitrogen functional groups attached to an aromatic ring is 2. The Hall–Kier alpha value is -1.98. The van der Waals surface area contributed by atoms with E-state index in [9.17, 15) is 4.79 Å². The van der Waals surface area contributed by atoms with E-state index in [0.29, 0.717) is 28.2 Å². The molecule has 2 aromatic rings. The lowest BCUT2D eigenvalue weighted by Crippen LogP contribution is -2.14. The van der Waals surface area contributed by atoms with Crippen molar-refractivity contribution in [3.8, 4) is 0 Å². The number of aryl methyl sites for hydroxylation is 1. The minimum atomic E-state index is -0.377. The standard InChI is InChI=1S/C13H12Cl2N4O/c1-6-2-10(14)18-12(15)11(6)19-13(20)7-3-8(16)5-9(17)4-7/h2-5H,16-17H2,1H3,(H,19,20). The van der Waals surface area contributed by atoms with Crippen LogP contribution >= 0.6 is 23.2 Å². The van der Waals surface area contributed by atoms with Crippen molar-refractivity contribution in [3.63, 3.8) is 0 Å². The molecule has 5 N–H and O–H groups in total. The van der Waals surface area contributed by atoms with E-state index in [-0.39, 0.29) is 16.2 Å². The highest BCUT2D eigenvalue weighted by Crippen LogP contribution is 2.27. The molecular weight excluding hydrogens is 299 g/mol. The number of halogens is 2. The first kappa shape index (κ1) is 14.4. The van der Waals surface area contributed by atoms with Gasteiger partial charge in [-0.2, -0.15) is 0 Å². The molecule has 2 rings (SSSR count). The molecule has 0 fully saturated rings. The number of carbonyl (C=O) groups excluding carboxylic acids is 1. The Balaban J connectivity index is 2.32. The van der Waals surface area contributed by atoms with Gasteiger partial charge in [0, 0.05) is 16.9 Å². The summed E-state index contributed by atoms with van der Waals surface area (Å²) in [7, 11) is 0. The fourth-order valence-electron chi connectivity index (χ4n) is 1.74. The summed E-state index contributed by atoms with van der Waals surface area (Å²) in [5.74, 6) is -0.377. The number of nitrogens with one attached hydrogen (secondary N) is 1. The Morgan fingerprint density at radius 3 is 2.30 bits per heavy atom. The van der Waals surface area contributed by atoms with Crippen molar-refractivity contribution in [3.05, 3.63) is 45.7 Å². The Morgan fingerprint density at radius 1 is 1.15 bits per heavy atom. The molecule has 0 spiro atoms. The number of hydrogen-bond acceptors (Lipinski definition) is 4. The number of nitrogens with zero attached hydrogens (tertiary/aromatic N) is 1. The maximum atomic E-state index is 12.2. The van der Waals surface area contributed by atoms with Gasteiger partial charge < -0.3 is 16.8 Å². The van der Waals surface area contributed by atoms with Gasteiger partial charge in [-0.05, 0) is 36.8 Å². The van der Waals surface area contributed by atoms with Crippen molar-refractivity contribution < 1.29 is 4.79 Å². The number of amides is 1. The summed E-state index contributed by atoms with van der Waals surface area (Å²) >= 11 is 11.7. The summed E-state index contributed by atoms with van der Waals surface area (Å²) in [6.07, 6.45) is 0. The van der Waals surface area contributed by atoms with Crippen LogP contribution in [0.3, 0.4) is 0 Å². The minimum absolute atomic E-state index is 0.125. The Kier molecular flexibility index (Phi) is 4.01. The summed E-state index contributed by atoms with van der Waals surface area (Å²) in [6, 6.07) is 6.23. The molecule has 1 amide bonds. The maximum absolute atomic E-state index is 12.2. The Labute approximate surface area is 125 Å². The number of nitrogens with two attached hydrogens (primary N) is 2. The molecule has 0 radical (unpaired) electrons. The Bertz CT molecular complexity index is 645. The van der Waals surface area contributed by atoms with Crippen molar-refractivity contribution in [1.82, 2.24) is 4.98 Å². The molecule has 0 bridgehead atoms. The molecular formula is C13H12Cl2N4O. The number of hydrogen-bond donors (Lipinski definition) is 3. The van der Waals surface area contributed by atoms with E-state index in [2.05, 4.69) is 10.3 Å². The van der Waals surface area contributed by atoms with Gasteiger partial charge in [0.15, 0.2) is 5.15 Å². The molecule has 0 aliphatic heterocycles. The van der Waals surface area contributed by atoms with Crippen LogP contribution in [0.1, 0.15) is 15.9 Å². The van der Waals surface area contributed by atoms with E-state index in [0.717, 1.165) is 0 Å². The fraction of sp³-hybridized carbons (Fsp3) is 0.0769. The number of pyridine rings is 1. The van der Waals surface area contributed by atoms with Crippen LogP contribution in [0.25, 0.3) is 0 Å². The molecule has 7 heteroatoms. The van der Waals surface area contributed by atoms with E-state index < -0.39 is 0 Å². The van der Waals surface area contributed by atoms with Crippen LogP contribution in [-0.2, 0) is 0 Å². The lowest BCUT2D eigenvalue weighted by molar-refractivity contribution is 0.102. The predicted octanol–water partition coefficient (Wildman–Crippen LogP) is 3.11. The van der Waals surface area contributed by atoms with Crippen LogP contribution in [0.5, 0.6) is 0 Å². The Morgan fingerprint density at radius 2 is 1.75 bits per heavy atom. The van der Waals surface area contributed by atoms with Crippen LogP contribution in [0, 0.1) is 6.92 Å². The molecule has 0 saturated heterocycles. The van der Waals surface area contributed by atoms with Gasteiger partial charge in [-0.15, -0.1) is 0 Å². The lowest BCUT2D eigenvalue weighted by Gasteiger charge is -2.11. The van der Waals surface area contributed by atoms with Crippen LogP contribution < -0.4 is 16.8 Å². The maximum Gasteiger partial charge on any atom is 0.255 e. The first-order valence-corrected chi connectivity index (χ1v) is 6.42. The number of aromatic nitrogens is 1. The van der Waals surface area contributed by atoms with Gasteiger partial charge in [0.2, 0.25) is 0 Å². The van der Waals surface area contributed by atoms with Crippen molar-refractivity contribution in [2.24, 2.45) is 0 Å². The summed E-state index contributed by atoms with van der Waals surface area (Å²) in [5.41, 5.74) is 13.6. The third kappa shape index (κ3) is 3.12. The SMILES string of the molecule is Cc1cc(Cl)nc(Cl)c1NC(=O)c1cc(N)cc(N)c1. The topological polar surface area (TPSA) is 94.0 Å². The quantitative estimate of drug-likeness (QED) is 0.586. The van der Waals surface area contributed by atoms with Crippen molar-refractivity contribution in [2.45, 2.75) is 6.92 Å². The zero-order chi connectivity index (χ0) is 14.9. The summed E-state index contributed by atoms with van der Waals surface area (Å²) in [5, 5.41) is 3.06. The molecule has 5 nitrogen and oxygen atoms in total. The average molecular weight is 311 g/mol. The van der Waals surface area contributed by atoms with Gasteiger partial charge in [0.1, 0.15) is 5.15 Å². The second-order valence-electron chi connectivity index (χ2n) is 4.27. The third-order valence-electron chi connectivity index (χ3n) is 2.62. The zero-order valence-electron chi connectivity index (χ0n) is 10.6. The highest BCUT2D eigenvalue weighted by atomic mass is 35.5. The van der Waals surface area contributed by atoms with Gasteiger partial charge in [-0.25, -0.2) is 4.98 Å². The number of carbonyl (C=O) groups is 1. The largest absolute Gasteiger partial charge is 0.399 e. The highest BCUT2D eigenvalue weighted by Gasteiger charge is 2.13. The van der Waals surface area contributed by atoms with E-state index in [4.69, 9.17) is 34.7 Å². The van der Waals surface area contributed by atoms with E-state index in [1.807, 2.05) is 0 Å². The molecule has 0 saturated carbocycles. The van der Waals surface area contributed by atoms with E-state index in [1.165, 1.54) is 12.1 Å². The molecule has 0 aliphatic rings. The smallest absolute Gasteiger partial charge is 0.255 e. The predicted molar refractivity (Wildman–Crippen MR) is 82.2 cm³/mol. The number of anilines is 3. The van der Waals surface area contributed by atoms with E-state index >= 15 is 0 Å². The molecule has 104 valence electrons. The monoisotopic (exact) mass is 310 g/mol. The van der Waals surface area contributed by atoms with Gasteiger partial charge in [-0.3, -0.25) is 4.79 Å². The summed E-state index contributed by atoms with van der Waals surface area (Å²) in [6.45, 7) is 1.77. The number of rotatable bonds is 2. The first-order valence-electron chi connectivity index (χ1n) is 5.67. The van der Waals surface area contributed by atoms with Crippen LogP contribution in [0.4, 0.5) is 17.1 Å². The van der Waals surface area contributed by atoms with Crippen molar-refractivity contribution >= 4 is 46.2 Å². The first-order chi connectivity index (χ1) is 9.36. The molecule has 20 heavy (non-hydrogen) atoms. The zero-order valence-corrected chi connectivity index (χ0v) is 12.1. The van der Waals surface area contributed by atoms with Gasteiger partial charge in [0.25, 0.3) is 5.91 Å². The van der Waals surface area contributed by atoms with Crippen molar-refractivity contribution in [2.75, 3.05) is 16.8 Å². The number of benzene rings is 1. The van der Waals surface area contributed by atoms with Crippen LogP contribution in [0.15, 0.2) is 24.3 Å². The molecule has 1 aromatic carbocycles. The average Bonchev–Trinajstić information content (AvgIpc) is 2.32.